The van der Waals surface area contributed by atoms with Gasteiger partial charge in [-0.1, -0.05) is 23.7 Å². The Morgan fingerprint density at radius 2 is 1.95 bits per heavy atom. The molecule has 0 bridgehead atoms. The Morgan fingerprint density at radius 1 is 1.24 bits per heavy atom. The summed E-state index contributed by atoms with van der Waals surface area (Å²) in [5, 5.41) is 9.95. The summed E-state index contributed by atoms with van der Waals surface area (Å²) in [4.78, 5) is 33.9. The highest BCUT2D eigenvalue weighted by Crippen LogP contribution is 2.36. The second-order valence-electron chi connectivity index (χ2n) is 4.23. The predicted octanol–water partition coefficient (Wildman–Crippen LogP) is 2.04. The minimum absolute atomic E-state index is 0.0116. The van der Waals surface area contributed by atoms with Gasteiger partial charge in [-0.25, -0.2) is 4.79 Å². The molecule has 0 amide bonds. The molecule has 2 aromatic heterocycles. The SMILES string of the molecule is O=C(O)c1cc(-c2cccc(Cl)c2)sc1Nn1c(=O)c1=O. The van der Waals surface area contributed by atoms with Crippen LogP contribution in [0.3, 0.4) is 0 Å². The minimum Gasteiger partial charge on any atom is -0.478 e. The van der Waals surface area contributed by atoms with E-state index in [2.05, 4.69) is 5.43 Å². The minimum atomic E-state index is -1.15. The summed E-state index contributed by atoms with van der Waals surface area (Å²) in [6.45, 7) is 0. The van der Waals surface area contributed by atoms with Crippen molar-refractivity contribution in [3.63, 3.8) is 0 Å². The lowest BCUT2D eigenvalue weighted by Crippen LogP contribution is -2.09. The molecule has 1 aromatic carbocycles. The van der Waals surface area contributed by atoms with E-state index in [1.165, 1.54) is 6.07 Å². The summed E-state index contributed by atoms with van der Waals surface area (Å²) < 4.78 is 0.764. The monoisotopic (exact) mass is 322 g/mol. The van der Waals surface area contributed by atoms with Gasteiger partial charge in [0.2, 0.25) is 0 Å². The lowest BCUT2D eigenvalue weighted by Gasteiger charge is -1.98. The van der Waals surface area contributed by atoms with E-state index in [-0.39, 0.29) is 10.6 Å². The number of carboxylic acid groups (broad SMARTS) is 1. The molecule has 0 aliphatic heterocycles. The van der Waals surface area contributed by atoms with Crippen LogP contribution in [0.1, 0.15) is 10.4 Å². The van der Waals surface area contributed by atoms with E-state index in [1.54, 1.807) is 24.3 Å². The van der Waals surface area contributed by atoms with Crippen molar-refractivity contribution in [2.75, 3.05) is 5.43 Å². The molecule has 0 saturated heterocycles. The molecule has 0 radical (unpaired) electrons. The molecule has 0 saturated carbocycles. The maximum Gasteiger partial charge on any atom is 0.340 e. The van der Waals surface area contributed by atoms with Gasteiger partial charge in [0, 0.05) is 9.90 Å². The van der Waals surface area contributed by atoms with Crippen LogP contribution in [-0.4, -0.2) is 15.8 Å². The third-order valence-corrected chi connectivity index (χ3v) is 4.15. The quantitative estimate of drug-likeness (QED) is 0.718. The maximum atomic E-state index is 11.3. The van der Waals surface area contributed by atoms with Gasteiger partial charge in [-0.3, -0.25) is 15.0 Å². The van der Waals surface area contributed by atoms with Crippen LogP contribution in [0.5, 0.6) is 0 Å². The third kappa shape index (κ3) is 2.48. The lowest BCUT2D eigenvalue weighted by atomic mass is 10.1. The number of hydrogen-bond donors (Lipinski definition) is 2. The Kier molecular flexibility index (Phi) is 3.15. The van der Waals surface area contributed by atoms with Crippen molar-refractivity contribution in [3.8, 4) is 10.4 Å². The van der Waals surface area contributed by atoms with E-state index in [4.69, 9.17) is 11.6 Å². The molecule has 8 heteroatoms. The van der Waals surface area contributed by atoms with Crippen LogP contribution >= 0.6 is 22.9 Å². The van der Waals surface area contributed by atoms with E-state index in [0.29, 0.717) is 9.90 Å². The number of aromatic carboxylic acids is 1. The van der Waals surface area contributed by atoms with Gasteiger partial charge in [0.25, 0.3) is 0 Å². The molecule has 0 unspecified atom stereocenters. The van der Waals surface area contributed by atoms with Crippen LogP contribution in [0.4, 0.5) is 5.00 Å². The fourth-order valence-corrected chi connectivity index (χ4v) is 2.98. The zero-order chi connectivity index (χ0) is 15.1. The summed E-state index contributed by atoms with van der Waals surface area (Å²) in [6, 6.07) is 8.43. The zero-order valence-electron chi connectivity index (χ0n) is 10.3. The van der Waals surface area contributed by atoms with Crippen LogP contribution in [0.25, 0.3) is 10.4 Å². The largest absolute Gasteiger partial charge is 0.478 e. The number of benzene rings is 1. The molecular formula is C13H7ClN2O4S. The highest BCUT2D eigenvalue weighted by molar-refractivity contribution is 7.19. The Bertz CT molecular complexity index is 895. The number of anilines is 1. The topological polar surface area (TPSA) is 88.4 Å². The van der Waals surface area contributed by atoms with Crippen molar-refractivity contribution < 1.29 is 9.90 Å². The molecule has 2 heterocycles. The predicted molar refractivity (Wildman–Crippen MR) is 80.1 cm³/mol. The van der Waals surface area contributed by atoms with Gasteiger partial charge in [-0.15, -0.1) is 11.3 Å². The van der Waals surface area contributed by atoms with Gasteiger partial charge in [0.1, 0.15) is 5.00 Å². The van der Waals surface area contributed by atoms with Crippen LogP contribution < -0.4 is 16.5 Å². The summed E-state index contributed by atoms with van der Waals surface area (Å²) in [5.74, 6) is -1.15. The molecule has 3 rings (SSSR count). The van der Waals surface area contributed by atoms with Crippen molar-refractivity contribution in [2.45, 2.75) is 0 Å². The molecule has 6 nitrogen and oxygen atoms in total. The van der Waals surface area contributed by atoms with Gasteiger partial charge < -0.3 is 5.11 Å². The van der Waals surface area contributed by atoms with E-state index in [0.717, 1.165) is 21.6 Å². The number of halogens is 1. The first kappa shape index (κ1) is 13.6. The first-order chi connectivity index (χ1) is 9.97. The van der Waals surface area contributed by atoms with Crippen molar-refractivity contribution in [2.24, 2.45) is 0 Å². The Morgan fingerprint density at radius 3 is 2.52 bits per heavy atom. The Balaban J connectivity index is 2.04. The number of carbonyl (C=O) groups is 1. The zero-order valence-corrected chi connectivity index (χ0v) is 11.9. The number of nitrogens with one attached hydrogen (secondary N) is 1. The highest BCUT2D eigenvalue weighted by Gasteiger charge is 2.22. The second kappa shape index (κ2) is 4.87. The molecule has 2 N–H and O–H groups in total. The highest BCUT2D eigenvalue weighted by atomic mass is 35.5. The molecule has 21 heavy (non-hydrogen) atoms. The molecule has 106 valence electrons. The molecule has 0 aliphatic carbocycles. The standard InChI is InChI=1S/C13H7ClN2O4S/c14-7-3-1-2-6(4-7)9-5-8(13(19)20)10(21-9)15-16-11(17)12(16)18/h1-5,15H,(H,19,20). The summed E-state index contributed by atoms with van der Waals surface area (Å²) in [7, 11) is 0. The van der Waals surface area contributed by atoms with Crippen LogP contribution in [0.15, 0.2) is 39.9 Å². The number of rotatable bonds is 4. The summed E-state index contributed by atoms with van der Waals surface area (Å²) in [6.07, 6.45) is 0. The van der Waals surface area contributed by atoms with Crippen LogP contribution in [0, 0.1) is 0 Å². The second-order valence-corrected chi connectivity index (χ2v) is 5.72. The van der Waals surface area contributed by atoms with E-state index in [9.17, 15) is 19.5 Å². The van der Waals surface area contributed by atoms with Crippen molar-refractivity contribution in [1.29, 1.82) is 0 Å². The first-order valence-electron chi connectivity index (χ1n) is 5.75. The van der Waals surface area contributed by atoms with Crippen molar-refractivity contribution in [1.82, 2.24) is 4.68 Å². The summed E-state index contributed by atoms with van der Waals surface area (Å²) >= 11 is 7.04. The van der Waals surface area contributed by atoms with Gasteiger partial charge in [-0.05, 0) is 23.8 Å². The maximum absolute atomic E-state index is 11.3. The Labute approximate surface area is 126 Å². The van der Waals surface area contributed by atoms with E-state index in [1.807, 2.05) is 0 Å². The molecule has 0 fully saturated rings. The van der Waals surface area contributed by atoms with Crippen LogP contribution in [-0.2, 0) is 0 Å². The smallest absolute Gasteiger partial charge is 0.340 e. The Hall–Kier alpha value is -2.38. The number of carboxylic acids is 1. The fraction of sp³-hybridized carbons (Fsp3) is 0. The van der Waals surface area contributed by atoms with Gasteiger partial charge >= 0.3 is 17.1 Å². The molecule has 0 spiro atoms. The lowest BCUT2D eigenvalue weighted by molar-refractivity contribution is 0.0698. The first-order valence-corrected chi connectivity index (χ1v) is 6.95. The van der Waals surface area contributed by atoms with Crippen LogP contribution in [0.2, 0.25) is 5.02 Å². The number of thiophene rings is 1. The van der Waals surface area contributed by atoms with Gasteiger partial charge in [0.05, 0.1) is 5.56 Å². The van der Waals surface area contributed by atoms with E-state index < -0.39 is 17.1 Å². The molecular weight excluding hydrogens is 316 g/mol. The number of aromatic nitrogens is 1. The van der Waals surface area contributed by atoms with Gasteiger partial charge in [-0.2, -0.15) is 4.68 Å². The third-order valence-electron chi connectivity index (χ3n) is 2.82. The van der Waals surface area contributed by atoms with Crippen molar-refractivity contribution in [3.05, 3.63) is 61.6 Å². The van der Waals surface area contributed by atoms with Crippen molar-refractivity contribution >= 4 is 33.9 Å². The van der Waals surface area contributed by atoms with Gasteiger partial charge in [0.15, 0.2) is 0 Å². The molecule has 3 aromatic rings. The average molecular weight is 323 g/mol. The number of hydrogen-bond acceptors (Lipinski definition) is 5. The normalized spacial score (nSPS) is 10.9. The fourth-order valence-electron chi connectivity index (χ4n) is 1.75. The number of nitrogens with zero attached hydrogens (tertiary/aromatic N) is 1. The average Bonchev–Trinajstić information content (AvgIpc) is 2.88. The molecule has 0 aliphatic rings. The van der Waals surface area contributed by atoms with E-state index >= 15 is 0 Å². The summed E-state index contributed by atoms with van der Waals surface area (Å²) in [5.41, 5.74) is 1.87. The molecule has 0 atom stereocenters.